The summed E-state index contributed by atoms with van der Waals surface area (Å²) in [5.74, 6) is -1.09. The molecular formula is C12H18N4O4. The minimum atomic E-state index is -1.35. The predicted octanol–water partition coefficient (Wildman–Crippen LogP) is 0.829. The lowest BCUT2D eigenvalue weighted by Gasteiger charge is -2.23. The molecule has 8 heteroatoms. The minimum absolute atomic E-state index is 0.0268. The van der Waals surface area contributed by atoms with Gasteiger partial charge in [0.25, 0.3) is 0 Å². The van der Waals surface area contributed by atoms with Crippen LogP contribution >= 0.6 is 0 Å². The molecule has 1 aromatic heterocycles. The normalized spacial score (nSPS) is 21.9. The van der Waals surface area contributed by atoms with Crippen molar-refractivity contribution in [1.82, 2.24) is 15.1 Å². The van der Waals surface area contributed by atoms with E-state index in [1.165, 1.54) is 6.20 Å². The second kappa shape index (κ2) is 5.49. The van der Waals surface area contributed by atoms with Crippen molar-refractivity contribution in [2.45, 2.75) is 31.8 Å². The molecule has 1 atom stereocenters. The topological polar surface area (TPSA) is 105 Å². The zero-order valence-corrected chi connectivity index (χ0v) is 11.4. The summed E-state index contributed by atoms with van der Waals surface area (Å²) in [7, 11) is 0. The minimum Gasteiger partial charge on any atom is -0.479 e. The number of nitrogens with one attached hydrogen (secondary N) is 2. The van der Waals surface area contributed by atoms with Crippen molar-refractivity contribution >= 4 is 17.7 Å². The van der Waals surface area contributed by atoms with Crippen molar-refractivity contribution in [3.63, 3.8) is 0 Å². The molecule has 8 nitrogen and oxygen atoms in total. The number of carboxylic acid groups (broad SMARTS) is 1. The first-order valence-electron chi connectivity index (χ1n) is 6.37. The van der Waals surface area contributed by atoms with Crippen LogP contribution in [0.15, 0.2) is 12.4 Å². The Morgan fingerprint density at radius 1 is 1.55 bits per heavy atom. The summed E-state index contributed by atoms with van der Waals surface area (Å²) in [4.78, 5) is 23.1. The van der Waals surface area contributed by atoms with Crippen LogP contribution in [0, 0.1) is 0 Å². The molecule has 1 unspecified atom stereocenters. The van der Waals surface area contributed by atoms with Gasteiger partial charge in [0, 0.05) is 25.3 Å². The Balaban J connectivity index is 1.99. The number of aromatic nitrogens is 2. The summed E-state index contributed by atoms with van der Waals surface area (Å²) in [5, 5.41) is 18.3. The molecule has 1 aliphatic rings. The molecule has 0 aromatic carbocycles. The van der Waals surface area contributed by atoms with E-state index in [1.54, 1.807) is 10.9 Å². The number of hydrogen-bond donors (Lipinski definition) is 3. The molecule has 0 saturated carbocycles. The van der Waals surface area contributed by atoms with E-state index in [1.807, 2.05) is 13.8 Å². The predicted molar refractivity (Wildman–Crippen MR) is 70.6 cm³/mol. The van der Waals surface area contributed by atoms with Crippen LogP contribution in [0.1, 0.15) is 26.3 Å². The Kier molecular flexibility index (Phi) is 3.93. The summed E-state index contributed by atoms with van der Waals surface area (Å²) in [6.07, 6.45) is 3.45. The van der Waals surface area contributed by atoms with E-state index in [-0.39, 0.29) is 19.1 Å². The maximum atomic E-state index is 11.9. The van der Waals surface area contributed by atoms with Crippen LogP contribution in [-0.2, 0) is 9.53 Å². The lowest BCUT2D eigenvalue weighted by molar-refractivity contribution is -0.144. The summed E-state index contributed by atoms with van der Waals surface area (Å²) in [6.45, 7) is 4.22. The van der Waals surface area contributed by atoms with E-state index in [4.69, 9.17) is 4.74 Å². The van der Waals surface area contributed by atoms with Gasteiger partial charge in [-0.25, -0.2) is 9.59 Å². The Labute approximate surface area is 116 Å². The number of carbonyl (C=O) groups is 2. The highest BCUT2D eigenvalue weighted by atomic mass is 16.5. The number of amides is 2. The van der Waals surface area contributed by atoms with Crippen molar-refractivity contribution < 1.29 is 19.4 Å². The van der Waals surface area contributed by atoms with Gasteiger partial charge in [-0.05, 0) is 13.8 Å². The second-order valence-corrected chi connectivity index (χ2v) is 5.07. The van der Waals surface area contributed by atoms with Gasteiger partial charge in [-0.3, -0.25) is 4.68 Å². The molecule has 20 heavy (non-hydrogen) atoms. The average Bonchev–Trinajstić information content (AvgIpc) is 2.98. The number of urea groups is 1. The van der Waals surface area contributed by atoms with Crippen molar-refractivity contribution in [2.24, 2.45) is 0 Å². The molecule has 1 saturated heterocycles. The molecule has 110 valence electrons. The van der Waals surface area contributed by atoms with Crippen LogP contribution in [0.5, 0.6) is 0 Å². The van der Waals surface area contributed by atoms with Crippen molar-refractivity contribution in [3.8, 4) is 0 Å². The van der Waals surface area contributed by atoms with Crippen LogP contribution in [0.3, 0.4) is 0 Å². The van der Waals surface area contributed by atoms with Gasteiger partial charge in [0.1, 0.15) is 0 Å². The molecule has 2 heterocycles. The molecular weight excluding hydrogens is 264 g/mol. The van der Waals surface area contributed by atoms with E-state index >= 15 is 0 Å². The Morgan fingerprint density at radius 2 is 2.30 bits per heavy atom. The number of carboxylic acids is 1. The molecule has 0 spiro atoms. The first-order valence-corrected chi connectivity index (χ1v) is 6.37. The van der Waals surface area contributed by atoms with E-state index in [2.05, 4.69) is 15.7 Å². The number of anilines is 1. The highest BCUT2D eigenvalue weighted by Gasteiger charge is 2.44. The molecule has 1 aromatic rings. The zero-order valence-electron chi connectivity index (χ0n) is 11.4. The molecule has 0 aliphatic carbocycles. The summed E-state index contributed by atoms with van der Waals surface area (Å²) in [5.41, 5.74) is -0.839. The molecule has 1 fully saturated rings. The van der Waals surface area contributed by atoms with Crippen LogP contribution in [0.25, 0.3) is 0 Å². The first-order chi connectivity index (χ1) is 9.43. The standard InChI is InChI=1S/C12H18N4O4/c1-8(2)16-6-9(5-13-16)14-11(19)15-12(10(17)18)3-4-20-7-12/h5-6,8H,3-4,7H2,1-2H3,(H,17,18)(H2,14,15,19). The number of hydrogen-bond acceptors (Lipinski definition) is 4. The van der Waals surface area contributed by atoms with Crippen molar-refractivity contribution in [2.75, 3.05) is 18.5 Å². The summed E-state index contributed by atoms with van der Waals surface area (Å²) < 4.78 is 6.76. The largest absolute Gasteiger partial charge is 0.479 e. The molecule has 2 amide bonds. The molecule has 2 rings (SSSR count). The van der Waals surface area contributed by atoms with Gasteiger partial charge in [0.15, 0.2) is 5.54 Å². The van der Waals surface area contributed by atoms with Gasteiger partial charge < -0.3 is 20.5 Å². The lowest BCUT2D eigenvalue weighted by Crippen LogP contribution is -2.56. The maximum Gasteiger partial charge on any atom is 0.332 e. The summed E-state index contributed by atoms with van der Waals surface area (Å²) >= 11 is 0. The molecule has 1 aliphatic heterocycles. The van der Waals surface area contributed by atoms with Crippen molar-refractivity contribution in [1.29, 1.82) is 0 Å². The van der Waals surface area contributed by atoms with Gasteiger partial charge in [-0.1, -0.05) is 0 Å². The molecule has 3 N–H and O–H groups in total. The van der Waals surface area contributed by atoms with E-state index in [0.29, 0.717) is 12.3 Å². The van der Waals surface area contributed by atoms with E-state index in [0.717, 1.165) is 0 Å². The fourth-order valence-electron chi connectivity index (χ4n) is 1.95. The zero-order chi connectivity index (χ0) is 14.8. The van der Waals surface area contributed by atoms with E-state index in [9.17, 15) is 14.7 Å². The van der Waals surface area contributed by atoms with Crippen molar-refractivity contribution in [3.05, 3.63) is 12.4 Å². The Bertz CT molecular complexity index is 505. The third kappa shape index (κ3) is 2.90. The smallest absolute Gasteiger partial charge is 0.332 e. The third-order valence-electron chi connectivity index (χ3n) is 3.17. The van der Waals surface area contributed by atoms with Crippen LogP contribution < -0.4 is 10.6 Å². The van der Waals surface area contributed by atoms with Gasteiger partial charge in [0.2, 0.25) is 0 Å². The number of carbonyl (C=O) groups excluding carboxylic acids is 1. The highest BCUT2D eigenvalue weighted by Crippen LogP contribution is 2.19. The second-order valence-electron chi connectivity index (χ2n) is 5.07. The number of ether oxygens (including phenoxy) is 1. The molecule has 0 radical (unpaired) electrons. The fraction of sp³-hybridized carbons (Fsp3) is 0.583. The lowest BCUT2D eigenvalue weighted by atomic mass is 9.99. The molecule has 0 bridgehead atoms. The van der Waals surface area contributed by atoms with Gasteiger partial charge in [-0.15, -0.1) is 0 Å². The monoisotopic (exact) mass is 282 g/mol. The number of nitrogens with zero attached hydrogens (tertiary/aromatic N) is 2. The number of aliphatic carboxylic acids is 1. The van der Waals surface area contributed by atoms with Crippen LogP contribution in [-0.4, -0.2) is 45.6 Å². The number of rotatable bonds is 4. The van der Waals surface area contributed by atoms with Crippen LogP contribution in [0.2, 0.25) is 0 Å². The summed E-state index contributed by atoms with van der Waals surface area (Å²) in [6, 6.07) is -0.400. The Morgan fingerprint density at radius 3 is 2.80 bits per heavy atom. The third-order valence-corrected chi connectivity index (χ3v) is 3.17. The van der Waals surface area contributed by atoms with E-state index < -0.39 is 17.5 Å². The quantitative estimate of drug-likeness (QED) is 0.758. The van der Waals surface area contributed by atoms with Gasteiger partial charge >= 0.3 is 12.0 Å². The first kappa shape index (κ1) is 14.3. The highest BCUT2D eigenvalue weighted by molar-refractivity contribution is 5.93. The average molecular weight is 282 g/mol. The Hall–Kier alpha value is -2.09. The van der Waals surface area contributed by atoms with Gasteiger partial charge in [-0.2, -0.15) is 5.10 Å². The van der Waals surface area contributed by atoms with Crippen LogP contribution in [0.4, 0.5) is 10.5 Å². The maximum absolute atomic E-state index is 11.9. The SMILES string of the molecule is CC(C)n1cc(NC(=O)NC2(C(=O)O)CCOC2)cn1. The van der Waals surface area contributed by atoms with Gasteiger partial charge in [0.05, 0.1) is 18.5 Å². The fourth-order valence-corrected chi connectivity index (χ4v) is 1.95.